The van der Waals surface area contributed by atoms with Gasteiger partial charge in [-0.05, 0) is 50.4 Å². The van der Waals surface area contributed by atoms with Crippen molar-refractivity contribution in [2.45, 2.75) is 39.0 Å². The summed E-state index contributed by atoms with van der Waals surface area (Å²) in [4.78, 5) is 26.1. The van der Waals surface area contributed by atoms with Gasteiger partial charge in [-0.3, -0.25) is 9.59 Å². The maximum atomic E-state index is 11.8. The van der Waals surface area contributed by atoms with Crippen molar-refractivity contribution >= 4 is 11.8 Å². The van der Waals surface area contributed by atoms with Gasteiger partial charge in [0.1, 0.15) is 0 Å². The normalized spacial score (nSPS) is 15.7. The summed E-state index contributed by atoms with van der Waals surface area (Å²) < 4.78 is 0. The first kappa shape index (κ1) is 19.4. The molecule has 0 aromatic heterocycles. The van der Waals surface area contributed by atoms with Crippen LogP contribution in [0.3, 0.4) is 0 Å². The van der Waals surface area contributed by atoms with Gasteiger partial charge in [0, 0.05) is 19.5 Å². The highest BCUT2D eigenvalue weighted by molar-refractivity contribution is 5.80. The van der Waals surface area contributed by atoms with Crippen molar-refractivity contribution in [3.8, 4) is 0 Å². The van der Waals surface area contributed by atoms with Gasteiger partial charge < -0.3 is 15.5 Å². The van der Waals surface area contributed by atoms with Crippen molar-refractivity contribution in [2.75, 3.05) is 32.7 Å². The molecule has 138 valence electrons. The number of carbonyl (C=O) groups excluding carboxylic acids is 2. The van der Waals surface area contributed by atoms with Crippen LogP contribution in [0.4, 0.5) is 0 Å². The van der Waals surface area contributed by atoms with Gasteiger partial charge in [-0.2, -0.15) is 0 Å². The average molecular weight is 345 g/mol. The van der Waals surface area contributed by atoms with E-state index in [2.05, 4.69) is 22.5 Å². The van der Waals surface area contributed by atoms with Crippen molar-refractivity contribution in [1.29, 1.82) is 0 Å². The van der Waals surface area contributed by atoms with Crippen LogP contribution < -0.4 is 10.6 Å². The van der Waals surface area contributed by atoms with Crippen LogP contribution in [-0.2, 0) is 16.0 Å². The Morgan fingerprint density at radius 1 is 1.04 bits per heavy atom. The highest BCUT2D eigenvalue weighted by Gasteiger charge is 2.14. The molecule has 0 unspecified atom stereocenters. The maximum absolute atomic E-state index is 11.8. The van der Waals surface area contributed by atoms with E-state index in [4.69, 9.17) is 0 Å². The number of carbonyl (C=O) groups is 2. The zero-order valence-electron chi connectivity index (χ0n) is 15.3. The summed E-state index contributed by atoms with van der Waals surface area (Å²) in [5, 5.41) is 5.74. The lowest BCUT2D eigenvalue weighted by molar-refractivity contribution is -0.122. The smallest absolute Gasteiger partial charge is 0.224 e. The molecule has 5 nitrogen and oxygen atoms in total. The van der Waals surface area contributed by atoms with Gasteiger partial charge in [0.2, 0.25) is 11.8 Å². The van der Waals surface area contributed by atoms with Gasteiger partial charge in [0.15, 0.2) is 0 Å². The zero-order valence-corrected chi connectivity index (χ0v) is 15.3. The highest BCUT2D eigenvalue weighted by atomic mass is 16.2. The largest absolute Gasteiger partial charge is 0.356 e. The minimum absolute atomic E-state index is 0.00674. The highest BCUT2D eigenvalue weighted by Crippen LogP contribution is 2.15. The molecule has 0 atom stereocenters. The van der Waals surface area contributed by atoms with Crippen LogP contribution in [0.2, 0.25) is 0 Å². The van der Waals surface area contributed by atoms with Crippen molar-refractivity contribution in [1.82, 2.24) is 15.5 Å². The number of piperidine rings is 1. The third-order valence-electron chi connectivity index (χ3n) is 4.73. The number of hydrogen-bond donors (Lipinski definition) is 2. The minimum atomic E-state index is -0.0432. The van der Waals surface area contributed by atoms with Crippen LogP contribution in [0.5, 0.6) is 0 Å². The van der Waals surface area contributed by atoms with E-state index in [0.717, 1.165) is 24.4 Å². The average Bonchev–Trinajstić information content (AvgIpc) is 2.61. The number of nitrogens with one attached hydrogen (secondary N) is 2. The summed E-state index contributed by atoms with van der Waals surface area (Å²) in [6.45, 7) is 6.84. The number of nitrogens with zero attached hydrogens (tertiary/aromatic N) is 1. The fourth-order valence-corrected chi connectivity index (χ4v) is 3.06. The Balaban J connectivity index is 1.47. The summed E-state index contributed by atoms with van der Waals surface area (Å²) in [5.74, 6) is 0.818. The number of rotatable bonds is 9. The van der Waals surface area contributed by atoms with Crippen LogP contribution >= 0.6 is 0 Å². The lowest BCUT2D eigenvalue weighted by Crippen LogP contribution is -2.36. The van der Waals surface area contributed by atoms with E-state index in [1.165, 1.54) is 25.9 Å². The first-order valence-electron chi connectivity index (χ1n) is 9.43. The SMILES string of the molecule is CC1CCN(CCCNC(=O)CCNC(=O)Cc2ccccc2)CC1. The van der Waals surface area contributed by atoms with Gasteiger partial charge >= 0.3 is 0 Å². The van der Waals surface area contributed by atoms with Gasteiger partial charge in [-0.1, -0.05) is 37.3 Å². The Labute approximate surface area is 151 Å². The van der Waals surface area contributed by atoms with Crippen molar-refractivity contribution < 1.29 is 9.59 Å². The van der Waals surface area contributed by atoms with E-state index in [-0.39, 0.29) is 11.8 Å². The monoisotopic (exact) mass is 345 g/mol. The fraction of sp³-hybridized carbons (Fsp3) is 0.600. The number of benzene rings is 1. The van der Waals surface area contributed by atoms with Crippen molar-refractivity contribution in [2.24, 2.45) is 5.92 Å². The van der Waals surface area contributed by atoms with Crippen LogP contribution in [0.25, 0.3) is 0 Å². The quantitative estimate of drug-likeness (QED) is 0.673. The van der Waals surface area contributed by atoms with E-state index < -0.39 is 0 Å². The minimum Gasteiger partial charge on any atom is -0.356 e. The molecule has 0 bridgehead atoms. The molecule has 1 fully saturated rings. The second-order valence-corrected chi connectivity index (χ2v) is 6.99. The Hall–Kier alpha value is -1.88. The lowest BCUT2D eigenvalue weighted by atomic mass is 9.99. The van der Waals surface area contributed by atoms with E-state index >= 15 is 0 Å². The molecule has 2 N–H and O–H groups in total. The summed E-state index contributed by atoms with van der Waals surface area (Å²) in [5.41, 5.74) is 0.983. The Morgan fingerprint density at radius 3 is 2.44 bits per heavy atom. The van der Waals surface area contributed by atoms with Crippen molar-refractivity contribution in [3.05, 3.63) is 35.9 Å². The van der Waals surface area contributed by atoms with Crippen LogP contribution in [0, 0.1) is 5.92 Å². The van der Waals surface area contributed by atoms with Gasteiger partial charge in [0.05, 0.1) is 6.42 Å². The molecule has 1 saturated heterocycles. The zero-order chi connectivity index (χ0) is 17.9. The van der Waals surface area contributed by atoms with Crippen LogP contribution in [0.1, 0.15) is 38.2 Å². The Morgan fingerprint density at radius 2 is 1.72 bits per heavy atom. The molecule has 25 heavy (non-hydrogen) atoms. The first-order chi connectivity index (χ1) is 12.1. The summed E-state index contributed by atoms with van der Waals surface area (Å²) in [6, 6.07) is 9.61. The van der Waals surface area contributed by atoms with Crippen LogP contribution in [-0.4, -0.2) is 49.4 Å². The fourth-order valence-electron chi connectivity index (χ4n) is 3.06. The first-order valence-corrected chi connectivity index (χ1v) is 9.43. The number of hydrogen-bond acceptors (Lipinski definition) is 3. The molecule has 0 aliphatic carbocycles. The molecule has 2 amide bonds. The molecule has 0 spiro atoms. The lowest BCUT2D eigenvalue weighted by Gasteiger charge is -2.30. The second kappa shape index (κ2) is 10.9. The molecule has 1 aliphatic rings. The van der Waals surface area contributed by atoms with Crippen molar-refractivity contribution in [3.63, 3.8) is 0 Å². The molecule has 1 heterocycles. The summed E-state index contributed by atoms with van der Waals surface area (Å²) >= 11 is 0. The standard InChI is InChI=1S/C20H31N3O2/c1-17-9-14-23(15-10-17)13-5-11-21-19(24)8-12-22-20(25)16-18-6-3-2-4-7-18/h2-4,6-7,17H,5,8-16H2,1H3,(H,21,24)(H,22,25). The molecule has 1 aromatic rings. The van der Waals surface area contributed by atoms with E-state index in [9.17, 15) is 9.59 Å². The van der Waals surface area contributed by atoms with E-state index in [1.54, 1.807) is 0 Å². The molecular weight excluding hydrogens is 314 g/mol. The summed E-state index contributed by atoms with van der Waals surface area (Å²) in [6.07, 6.45) is 4.25. The van der Waals surface area contributed by atoms with Gasteiger partial charge in [-0.15, -0.1) is 0 Å². The maximum Gasteiger partial charge on any atom is 0.224 e. The Bertz CT molecular complexity index is 525. The Kier molecular flexibility index (Phi) is 8.46. The molecule has 1 aromatic carbocycles. The number of likely N-dealkylation sites (tertiary alicyclic amines) is 1. The van der Waals surface area contributed by atoms with Gasteiger partial charge in [-0.25, -0.2) is 0 Å². The summed E-state index contributed by atoms with van der Waals surface area (Å²) in [7, 11) is 0. The predicted molar refractivity (Wildman–Crippen MR) is 100 cm³/mol. The van der Waals surface area contributed by atoms with Crippen LogP contribution in [0.15, 0.2) is 30.3 Å². The molecule has 0 radical (unpaired) electrons. The van der Waals surface area contributed by atoms with E-state index in [0.29, 0.717) is 25.9 Å². The molecule has 0 saturated carbocycles. The van der Waals surface area contributed by atoms with E-state index in [1.807, 2.05) is 30.3 Å². The molecule has 1 aliphatic heterocycles. The number of amides is 2. The molecule has 2 rings (SSSR count). The molecule has 5 heteroatoms. The topological polar surface area (TPSA) is 61.4 Å². The third kappa shape index (κ3) is 8.16. The third-order valence-corrected chi connectivity index (χ3v) is 4.73. The second-order valence-electron chi connectivity index (χ2n) is 6.99. The molecular formula is C20H31N3O2. The van der Waals surface area contributed by atoms with Gasteiger partial charge in [0.25, 0.3) is 0 Å². The predicted octanol–water partition coefficient (Wildman–Crippen LogP) is 1.97.